The van der Waals surface area contributed by atoms with E-state index in [1.807, 2.05) is 12.1 Å². The van der Waals surface area contributed by atoms with Crippen LogP contribution in [-0.2, 0) is 19.5 Å². The molecule has 0 aliphatic heterocycles. The Kier molecular flexibility index (Phi) is 6.61. The summed E-state index contributed by atoms with van der Waals surface area (Å²) < 4.78 is 36.0. The Morgan fingerprint density at radius 1 is 1.26 bits per heavy atom. The maximum Gasteiger partial charge on any atom is 0.424 e. The maximum atomic E-state index is 12.2. The topological polar surface area (TPSA) is 72.9 Å². The lowest BCUT2D eigenvalue weighted by Gasteiger charge is -2.28. The highest BCUT2D eigenvalue weighted by atomic mass is 79.9. The van der Waals surface area contributed by atoms with Crippen LogP contribution in [-0.4, -0.2) is 44.3 Å². The summed E-state index contributed by atoms with van der Waals surface area (Å²) in [6.45, 7) is 4.86. The third-order valence-electron chi connectivity index (χ3n) is 2.86. The number of amides is 1. The summed E-state index contributed by atoms with van der Waals surface area (Å²) in [5, 5.41) is 0. The van der Waals surface area contributed by atoms with Crippen molar-refractivity contribution in [3.8, 4) is 0 Å². The van der Waals surface area contributed by atoms with Gasteiger partial charge in [0, 0.05) is 11.6 Å². The molecule has 1 aromatic rings. The largest absolute Gasteiger partial charge is 0.443 e. The number of benzene rings is 1. The number of rotatable bonds is 5. The van der Waals surface area contributed by atoms with Gasteiger partial charge < -0.3 is 9.47 Å². The van der Waals surface area contributed by atoms with Crippen LogP contribution >= 0.6 is 15.9 Å². The van der Waals surface area contributed by atoms with Gasteiger partial charge in [-0.1, -0.05) is 28.1 Å². The van der Waals surface area contributed by atoms with Crippen LogP contribution < -0.4 is 0 Å². The molecule has 0 radical (unpaired) electrons. The summed E-state index contributed by atoms with van der Waals surface area (Å²) >= 11 is 3.33. The number of halogens is 1. The van der Waals surface area contributed by atoms with Crippen LogP contribution in [0.1, 0.15) is 32.4 Å². The van der Waals surface area contributed by atoms with E-state index in [-0.39, 0.29) is 6.54 Å². The Morgan fingerprint density at radius 3 is 2.17 bits per heavy atom. The first kappa shape index (κ1) is 19.9. The minimum absolute atomic E-state index is 0.161. The average molecular weight is 408 g/mol. The second-order valence-corrected chi connectivity index (χ2v) is 8.87. The monoisotopic (exact) mass is 407 g/mol. The molecular formula is C15H22BrNO5S. The maximum absolute atomic E-state index is 12.2. The van der Waals surface area contributed by atoms with Crippen molar-refractivity contribution in [2.45, 2.75) is 32.5 Å². The van der Waals surface area contributed by atoms with Gasteiger partial charge in [-0.3, -0.25) is 0 Å². The average Bonchev–Trinajstić information content (AvgIpc) is 2.37. The van der Waals surface area contributed by atoms with E-state index in [1.54, 1.807) is 32.9 Å². The lowest BCUT2D eigenvalue weighted by atomic mass is 10.1. The highest BCUT2D eigenvalue weighted by molar-refractivity contribution is 9.10. The Bertz CT molecular complexity index is 637. The summed E-state index contributed by atoms with van der Waals surface area (Å²) in [7, 11) is -2.33. The second-order valence-electron chi connectivity index (χ2n) is 6.05. The van der Waals surface area contributed by atoms with Crippen molar-refractivity contribution in [3.63, 3.8) is 0 Å². The van der Waals surface area contributed by atoms with Crippen molar-refractivity contribution in [3.05, 3.63) is 34.3 Å². The predicted octanol–water partition coefficient (Wildman–Crippen LogP) is 3.33. The van der Waals surface area contributed by atoms with Gasteiger partial charge in [-0.2, -0.15) is 0 Å². The van der Waals surface area contributed by atoms with Crippen molar-refractivity contribution in [1.29, 1.82) is 0 Å². The second kappa shape index (κ2) is 7.63. The third-order valence-corrected chi connectivity index (χ3v) is 4.48. The highest BCUT2D eigenvalue weighted by Crippen LogP contribution is 2.23. The Balaban J connectivity index is 3.04. The summed E-state index contributed by atoms with van der Waals surface area (Å²) in [5.41, 5.74) is -0.0341. The van der Waals surface area contributed by atoms with Gasteiger partial charge in [0.05, 0.1) is 12.8 Å². The lowest BCUT2D eigenvalue weighted by molar-refractivity contribution is 0.0267. The van der Waals surface area contributed by atoms with Gasteiger partial charge in [-0.15, -0.1) is 0 Å². The van der Waals surface area contributed by atoms with Crippen molar-refractivity contribution < 1.29 is 22.7 Å². The van der Waals surface area contributed by atoms with E-state index in [0.717, 1.165) is 16.3 Å². The van der Waals surface area contributed by atoms with Crippen LogP contribution in [0.4, 0.5) is 4.79 Å². The molecular weight excluding hydrogens is 386 g/mol. The smallest absolute Gasteiger partial charge is 0.424 e. The van der Waals surface area contributed by atoms with Crippen LogP contribution in [0.15, 0.2) is 28.7 Å². The fourth-order valence-corrected chi connectivity index (χ4v) is 2.78. The van der Waals surface area contributed by atoms with E-state index in [4.69, 9.17) is 9.47 Å². The molecule has 1 aromatic carbocycles. The van der Waals surface area contributed by atoms with Crippen molar-refractivity contribution >= 4 is 32.0 Å². The Morgan fingerprint density at radius 2 is 1.78 bits per heavy atom. The molecule has 0 aliphatic rings. The zero-order valence-electron chi connectivity index (χ0n) is 13.9. The molecule has 23 heavy (non-hydrogen) atoms. The number of carbonyl (C=O) groups is 1. The molecule has 0 N–H and O–H groups in total. The van der Waals surface area contributed by atoms with Gasteiger partial charge in [0.2, 0.25) is 10.0 Å². The SMILES string of the molecule is COC(CN(C(=O)OC(C)(C)C)S(C)(=O)=O)c1ccc(Br)cc1. The van der Waals surface area contributed by atoms with Gasteiger partial charge in [0.1, 0.15) is 11.7 Å². The van der Waals surface area contributed by atoms with Crippen molar-refractivity contribution in [1.82, 2.24) is 4.31 Å². The molecule has 0 saturated carbocycles. The van der Waals surface area contributed by atoms with E-state index in [0.29, 0.717) is 4.31 Å². The van der Waals surface area contributed by atoms with Crippen LogP contribution in [0.25, 0.3) is 0 Å². The highest BCUT2D eigenvalue weighted by Gasteiger charge is 2.31. The van der Waals surface area contributed by atoms with E-state index in [9.17, 15) is 13.2 Å². The minimum atomic E-state index is -3.79. The lowest BCUT2D eigenvalue weighted by Crippen LogP contribution is -2.42. The number of carbonyl (C=O) groups excluding carboxylic acids is 1. The number of methoxy groups -OCH3 is 1. The van der Waals surface area contributed by atoms with Crippen LogP contribution in [0.3, 0.4) is 0 Å². The molecule has 0 bridgehead atoms. The molecule has 0 aliphatic carbocycles. The zero-order chi connectivity index (χ0) is 17.8. The summed E-state index contributed by atoms with van der Waals surface area (Å²) in [4.78, 5) is 12.2. The molecule has 0 saturated heterocycles. The summed E-state index contributed by atoms with van der Waals surface area (Å²) in [6.07, 6.45) is -0.546. The molecule has 6 nitrogen and oxygen atoms in total. The van der Waals surface area contributed by atoms with E-state index in [2.05, 4.69) is 15.9 Å². The molecule has 0 heterocycles. The first-order valence-electron chi connectivity index (χ1n) is 6.93. The van der Waals surface area contributed by atoms with Crippen LogP contribution in [0.2, 0.25) is 0 Å². The van der Waals surface area contributed by atoms with Crippen LogP contribution in [0, 0.1) is 0 Å². The molecule has 1 unspecified atom stereocenters. The van der Waals surface area contributed by atoms with Crippen molar-refractivity contribution in [2.75, 3.05) is 19.9 Å². The fourth-order valence-electron chi connectivity index (χ4n) is 1.80. The van der Waals surface area contributed by atoms with Gasteiger partial charge in [0.25, 0.3) is 0 Å². The molecule has 8 heteroatoms. The fraction of sp³-hybridized carbons (Fsp3) is 0.533. The third kappa shape index (κ3) is 6.48. The standard InChI is InChI=1S/C15H22BrNO5S/c1-15(2,3)22-14(18)17(23(5,19)20)10-13(21-4)11-6-8-12(16)9-7-11/h6-9,13H,10H2,1-5H3. The first-order chi connectivity index (χ1) is 10.4. The molecule has 1 amide bonds. The summed E-state index contributed by atoms with van der Waals surface area (Å²) in [6, 6.07) is 7.24. The van der Waals surface area contributed by atoms with E-state index in [1.165, 1.54) is 7.11 Å². The van der Waals surface area contributed by atoms with E-state index < -0.39 is 27.8 Å². The number of hydrogen-bond donors (Lipinski definition) is 0. The molecule has 1 rings (SSSR count). The number of ether oxygens (including phenoxy) is 2. The molecule has 1 atom stereocenters. The predicted molar refractivity (Wildman–Crippen MR) is 91.7 cm³/mol. The van der Waals surface area contributed by atoms with Crippen LogP contribution in [0.5, 0.6) is 0 Å². The summed E-state index contributed by atoms with van der Waals surface area (Å²) in [5.74, 6) is 0. The van der Waals surface area contributed by atoms with Crippen molar-refractivity contribution in [2.24, 2.45) is 0 Å². The Labute approximate surface area is 145 Å². The molecule has 0 spiro atoms. The molecule has 0 fully saturated rings. The quantitative estimate of drug-likeness (QED) is 0.747. The van der Waals surface area contributed by atoms with Gasteiger partial charge >= 0.3 is 6.09 Å². The normalized spacial score (nSPS) is 13.5. The zero-order valence-corrected chi connectivity index (χ0v) is 16.3. The molecule has 130 valence electrons. The number of nitrogens with zero attached hydrogens (tertiary/aromatic N) is 1. The number of hydrogen-bond acceptors (Lipinski definition) is 5. The van der Waals surface area contributed by atoms with Gasteiger partial charge in [0.15, 0.2) is 0 Å². The number of sulfonamides is 1. The molecule has 0 aromatic heterocycles. The van der Waals surface area contributed by atoms with Gasteiger partial charge in [-0.25, -0.2) is 17.5 Å². The van der Waals surface area contributed by atoms with Gasteiger partial charge in [-0.05, 0) is 38.5 Å². The first-order valence-corrected chi connectivity index (χ1v) is 9.57. The Hall–Kier alpha value is -1.12. The minimum Gasteiger partial charge on any atom is -0.443 e. The van der Waals surface area contributed by atoms with E-state index >= 15 is 0 Å².